The topological polar surface area (TPSA) is 48.3 Å². The number of hydrogen-bond acceptors (Lipinski definition) is 4. The van der Waals surface area contributed by atoms with Gasteiger partial charge in [0.2, 0.25) is 6.79 Å². The molecule has 1 aliphatic heterocycles. The maximum Gasteiger partial charge on any atom is 0.231 e. The summed E-state index contributed by atoms with van der Waals surface area (Å²) >= 11 is 0. The van der Waals surface area contributed by atoms with Crippen LogP contribution in [0, 0.1) is 5.92 Å². The molecule has 2 heterocycles. The second-order valence-corrected chi connectivity index (χ2v) is 7.19. The van der Waals surface area contributed by atoms with Crippen molar-refractivity contribution in [2.24, 2.45) is 5.92 Å². The normalized spacial score (nSPS) is 14.2. The first-order valence-corrected chi connectivity index (χ1v) is 9.23. The summed E-state index contributed by atoms with van der Waals surface area (Å²) in [6.07, 6.45) is 6.14. The largest absolute Gasteiger partial charge is 0.454 e. The van der Waals surface area contributed by atoms with Gasteiger partial charge in [-0.1, -0.05) is 26.8 Å². The Balaban J connectivity index is 1.35. The summed E-state index contributed by atoms with van der Waals surface area (Å²) in [7, 11) is 0. The molecular formula is C20H29N3O2. The number of aryl methyl sites for hydroxylation is 1. The van der Waals surface area contributed by atoms with Crippen molar-refractivity contribution in [3.63, 3.8) is 0 Å². The smallest absolute Gasteiger partial charge is 0.231 e. The molecule has 2 aromatic rings. The number of rotatable bonds is 9. The minimum atomic E-state index is 0.339. The second kappa shape index (κ2) is 8.39. The fourth-order valence-electron chi connectivity index (χ4n) is 3.28. The van der Waals surface area contributed by atoms with E-state index in [4.69, 9.17) is 9.47 Å². The van der Waals surface area contributed by atoms with E-state index in [2.05, 4.69) is 54.0 Å². The third kappa shape index (κ3) is 4.75. The zero-order valence-corrected chi connectivity index (χ0v) is 15.5. The van der Waals surface area contributed by atoms with Crippen molar-refractivity contribution >= 4 is 0 Å². The van der Waals surface area contributed by atoms with E-state index in [9.17, 15) is 0 Å². The number of nitrogens with zero attached hydrogens (tertiary/aromatic N) is 2. The van der Waals surface area contributed by atoms with Crippen molar-refractivity contribution in [2.75, 3.05) is 19.9 Å². The molecule has 0 spiro atoms. The highest BCUT2D eigenvalue weighted by Crippen LogP contribution is 2.33. The fourth-order valence-corrected chi connectivity index (χ4v) is 3.28. The van der Waals surface area contributed by atoms with Crippen molar-refractivity contribution in [2.45, 2.75) is 46.1 Å². The Labute approximate surface area is 150 Å². The van der Waals surface area contributed by atoms with E-state index < -0.39 is 0 Å². The molecular weight excluding hydrogens is 314 g/mol. The first-order chi connectivity index (χ1) is 12.1. The van der Waals surface area contributed by atoms with Gasteiger partial charge in [0.25, 0.3) is 0 Å². The summed E-state index contributed by atoms with van der Waals surface area (Å²) in [6, 6.07) is 6.25. The highest BCUT2D eigenvalue weighted by molar-refractivity contribution is 5.44. The van der Waals surface area contributed by atoms with Crippen LogP contribution in [0.25, 0.3) is 0 Å². The van der Waals surface area contributed by atoms with E-state index in [0.717, 1.165) is 44.0 Å². The quantitative estimate of drug-likeness (QED) is 0.707. The minimum Gasteiger partial charge on any atom is -0.454 e. The molecule has 0 amide bonds. The highest BCUT2D eigenvalue weighted by atomic mass is 16.7. The van der Waals surface area contributed by atoms with Crippen molar-refractivity contribution in [1.82, 2.24) is 14.9 Å². The Morgan fingerprint density at radius 1 is 1.20 bits per heavy atom. The van der Waals surface area contributed by atoms with Gasteiger partial charge in [-0.05, 0) is 49.5 Å². The number of aromatic nitrogens is 2. The first kappa shape index (κ1) is 17.8. The number of ether oxygens (including phenoxy) is 2. The van der Waals surface area contributed by atoms with E-state index in [1.165, 1.54) is 11.4 Å². The van der Waals surface area contributed by atoms with Crippen LogP contribution in [-0.4, -0.2) is 29.4 Å². The van der Waals surface area contributed by atoms with Crippen molar-refractivity contribution in [3.05, 3.63) is 42.0 Å². The summed E-state index contributed by atoms with van der Waals surface area (Å²) in [5.41, 5.74) is 1.30. The van der Waals surface area contributed by atoms with Crippen LogP contribution >= 0.6 is 0 Å². The lowest BCUT2D eigenvalue weighted by Gasteiger charge is -2.14. The monoisotopic (exact) mass is 343 g/mol. The molecule has 1 aromatic heterocycles. The van der Waals surface area contributed by atoms with Crippen molar-refractivity contribution in [1.29, 1.82) is 0 Å². The third-order valence-corrected chi connectivity index (χ3v) is 4.53. The number of hydrogen-bond donors (Lipinski definition) is 1. The van der Waals surface area contributed by atoms with Crippen LogP contribution in [0.2, 0.25) is 0 Å². The molecule has 0 radical (unpaired) electrons. The molecule has 1 N–H and O–H groups in total. The first-order valence-electron chi connectivity index (χ1n) is 9.23. The van der Waals surface area contributed by atoms with Crippen molar-refractivity contribution in [3.8, 4) is 11.5 Å². The summed E-state index contributed by atoms with van der Waals surface area (Å²) in [5.74, 6) is 3.97. The maximum absolute atomic E-state index is 5.45. The van der Waals surface area contributed by atoms with Crippen LogP contribution in [0.4, 0.5) is 0 Å². The Morgan fingerprint density at radius 3 is 2.88 bits per heavy atom. The minimum absolute atomic E-state index is 0.339. The van der Waals surface area contributed by atoms with E-state index in [0.29, 0.717) is 18.6 Å². The van der Waals surface area contributed by atoms with Gasteiger partial charge in [-0.2, -0.15) is 0 Å². The highest BCUT2D eigenvalue weighted by Gasteiger charge is 2.14. The molecule has 5 heteroatoms. The van der Waals surface area contributed by atoms with Crippen LogP contribution in [0.1, 0.15) is 44.5 Å². The zero-order valence-electron chi connectivity index (χ0n) is 15.5. The number of fused-ring (bicyclic) bond motifs is 1. The molecule has 136 valence electrons. The lowest BCUT2D eigenvalue weighted by atomic mass is 10.0. The van der Waals surface area contributed by atoms with Gasteiger partial charge in [0.05, 0.1) is 0 Å². The summed E-state index contributed by atoms with van der Waals surface area (Å²) in [5, 5.41) is 3.58. The summed E-state index contributed by atoms with van der Waals surface area (Å²) in [6.45, 7) is 10.1. The molecule has 25 heavy (non-hydrogen) atoms. The lowest BCUT2D eigenvalue weighted by Crippen LogP contribution is -2.24. The summed E-state index contributed by atoms with van der Waals surface area (Å²) < 4.78 is 13.1. The third-order valence-electron chi connectivity index (χ3n) is 4.53. The molecule has 0 saturated carbocycles. The van der Waals surface area contributed by atoms with Gasteiger partial charge in [-0.25, -0.2) is 4.98 Å². The zero-order chi connectivity index (χ0) is 17.6. The van der Waals surface area contributed by atoms with Crippen LogP contribution < -0.4 is 14.8 Å². The SMILES string of the molecule is CC(CNCCCn1ccnc1C(C)C)Cc1ccc2c(c1)OCO2. The number of nitrogens with one attached hydrogen (secondary N) is 1. The van der Waals surface area contributed by atoms with Gasteiger partial charge in [0.1, 0.15) is 5.82 Å². The molecule has 0 aliphatic carbocycles. The molecule has 1 aromatic carbocycles. The predicted octanol–water partition coefficient (Wildman–Crippen LogP) is 3.59. The van der Waals surface area contributed by atoms with Crippen molar-refractivity contribution < 1.29 is 9.47 Å². The van der Waals surface area contributed by atoms with E-state index in [1.807, 2.05) is 12.3 Å². The standard InChI is InChI=1S/C20H29N3O2/c1-15(2)20-22-8-10-23(20)9-4-7-21-13-16(3)11-17-5-6-18-19(12-17)25-14-24-18/h5-6,8,10,12,15-16,21H,4,7,9,11,13-14H2,1-3H3. The van der Waals surface area contributed by atoms with Crippen LogP contribution in [0.5, 0.6) is 11.5 Å². The van der Waals surface area contributed by atoms with E-state index in [-0.39, 0.29) is 0 Å². The van der Waals surface area contributed by atoms with E-state index >= 15 is 0 Å². The summed E-state index contributed by atoms with van der Waals surface area (Å²) in [4.78, 5) is 4.44. The van der Waals surface area contributed by atoms with Gasteiger partial charge in [-0.15, -0.1) is 0 Å². The molecule has 0 bridgehead atoms. The molecule has 1 atom stereocenters. The average Bonchev–Trinajstić information content (AvgIpc) is 3.22. The molecule has 0 fully saturated rings. The molecule has 1 unspecified atom stereocenters. The van der Waals surface area contributed by atoms with Gasteiger partial charge < -0.3 is 19.4 Å². The number of imidazole rings is 1. The van der Waals surface area contributed by atoms with E-state index in [1.54, 1.807) is 0 Å². The molecule has 5 nitrogen and oxygen atoms in total. The van der Waals surface area contributed by atoms with Crippen LogP contribution in [0.15, 0.2) is 30.6 Å². The van der Waals surface area contributed by atoms with Gasteiger partial charge in [0.15, 0.2) is 11.5 Å². The van der Waals surface area contributed by atoms with Gasteiger partial charge >= 0.3 is 0 Å². The Kier molecular flexibility index (Phi) is 5.97. The maximum atomic E-state index is 5.45. The Bertz CT molecular complexity index is 681. The molecule has 0 saturated heterocycles. The van der Waals surface area contributed by atoms with Crippen LogP contribution in [-0.2, 0) is 13.0 Å². The number of benzene rings is 1. The fraction of sp³-hybridized carbons (Fsp3) is 0.550. The second-order valence-electron chi connectivity index (χ2n) is 7.19. The predicted molar refractivity (Wildman–Crippen MR) is 99.2 cm³/mol. The Morgan fingerprint density at radius 2 is 2.04 bits per heavy atom. The lowest BCUT2D eigenvalue weighted by molar-refractivity contribution is 0.174. The molecule has 1 aliphatic rings. The average molecular weight is 343 g/mol. The van der Waals surface area contributed by atoms with Gasteiger partial charge in [-0.3, -0.25) is 0 Å². The van der Waals surface area contributed by atoms with Gasteiger partial charge in [0, 0.05) is 24.9 Å². The van der Waals surface area contributed by atoms with Crippen LogP contribution in [0.3, 0.4) is 0 Å². The Hall–Kier alpha value is -2.01. The molecule has 3 rings (SSSR count).